The molecule has 9 heteroatoms. The van der Waals surface area contributed by atoms with Crippen molar-refractivity contribution < 1.29 is 8.42 Å². The third-order valence-corrected chi connectivity index (χ3v) is 5.81. The highest BCUT2D eigenvalue weighted by Gasteiger charge is 2.26. The predicted molar refractivity (Wildman–Crippen MR) is 80.3 cm³/mol. The number of aryl methyl sites for hydroxylation is 1. The van der Waals surface area contributed by atoms with Gasteiger partial charge in [-0.2, -0.15) is 9.40 Å². The first-order valence-electron chi connectivity index (χ1n) is 5.88. The Kier molecular flexibility index (Phi) is 4.38. The van der Waals surface area contributed by atoms with Gasteiger partial charge in [0.2, 0.25) is 10.0 Å². The van der Waals surface area contributed by atoms with Gasteiger partial charge in [0.15, 0.2) is 5.82 Å². The molecule has 0 aliphatic carbocycles. The molecule has 0 fully saturated rings. The molecule has 0 radical (unpaired) electrons. The summed E-state index contributed by atoms with van der Waals surface area (Å²) in [4.78, 5) is 0.895. The number of nitrogens with two attached hydrogens (primary N) is 1. The molecule has 0 atom stereocenters. The molecule has 0 bridgehead atoms. The van der Waals surface area contributed by atoms with Crippen molar-refractivity contribution in [1.82, 2.24) is 14.1 Å². The molecular weight excluding hydrogens is 320 g/mol. The molecule has 6 nitrogen and oxygen atoms in total. The van der Waals surface area contributed by atoms with Crippen molar-refractivity contribution in [1.29, 1.82) is 0 Å². The van der Waals surface area contributed by atoms with Crippen LogP contribution in [-0.2, 0) is 23.1 Å². The van der Waals surface area contributed by atoms with Gasteiger partial charge < -0.3 is 5.73 Å². The highest BCUT2D eigenvalue weighted by Crippen LogP contribution is 2.26. The third kappa shape index (κ3) is 2.98. The van der Waals surface area contributed by atoms with Crippen LogP contribution in [0.3, 0.4) is 0 Å². The fourth-order valence-corrected chi connectivity index (χ4v) is 4.12. The van der Waals surface area contributed by atoms with Crippen molar-refractivity contribution in [3.05, 3.63) is 27.5 Å². The Balaban J connectivity index is 2.26. The molecule has 20 heavy (non-hydrogen) atoms. The summed E-state index contributed by atoms with van der Waals surface area (Å²) < 4.78 is 28.3. The van der Waals surface area contributed by atoms with Crippen LogP contribution in [0.1, 0.15) is 11.8 Å². The van der Waals surface area contributed by atoms with E-state index in [9.17, 15) is 8.42 Å². The van der Waals surface area contributed by atoms with E-state index in [-0.39, 0.29) is 17.3 Å². The highest BCUT2D eigenvalue weighted by atomic mass is 35.5. The van der Waals surface area contributed by atoms with Crippen LogP contribution in [0.2, 0.25) is 4.34 Å². The number of halogens is 1. The maximum Gasteiger partial charge on any atom is 0.248 e. The first kappa shape index (κ1) is 15.3. The lowest BCUT2D eigenvalue weighted by Crippen LogP contribution is -2.26. The van der Waals surface area contributed by atoms with Gasteiger partial charge in [-0.1, -0.05) is 11.6 Å². The zero-order chi connectivity index (χ0) is 14.9. The second-order valence-corrected chi connectivity index (χ2v) is 8.01. The smallest absolute Gasteiger partial charge is 0.248 e. The van der Waals surface area contributed by atoms with Gasteiger partial charge in [0, 0.05) is 31.2 Å². The SMILES string of the molecule is CCn1cc(S(=O)(=O)N(C)Cc2ccc(Cl)s2)c(N)n1. The van der Waals surface area contributed by atoms with Crippen LogP contribution in [0, 0.1) is 0 Å². The lowest BCUT2D eigenvalue weighted by molar-refractivity contribution is 0.470. The van der Waals surface area contributed by atoms with Gasteiger partial charge in [0.25, 0.3) is 0 Å². The summed E-state index contributed by atoms with van der Waals surface area (Å²) >= 11 is 7.19. The number of nitrogens with zero attached hydrogens (tertiary/aromatic N) is 3. The lowest BCUT2D eigenvalue weighted by Gasteiger charge is -2.15. The van der Waals surface area contributed by atoms with Crippen molar-refractivity contribution >= 4 is 38.8 Å². The summed E-state index contributed by atoms with van der Waals surface area (Å²) in [6.07, 6.45) is 1.45. The molecule has 0 aliphatic rings. The van der Waals surface area contributed by atoms with Crippen molar-refractivity contribution in [2.75, 3.05) is 12.8 Å². The summed E-state index contributed by atoms with van der Waals surface area (Å²) in [5.41, 5.74) is 5.68. The maximum absolute atomic E-state index is 12.5. The Hall–Kier alpha value is -1.09. The lowest BCUT2D eigenvalue weighted by atomic mass is 10.5. The molecule has 0 spiro atoms. The van der Waals surface area contributed by atoms with E-state index in [1.54, 1.807) is 12.1 Å². The minimum absolute atomic E-state index is 0.0166. The van der Waals surface area contributed by atoms with Crippen molar-refractivity contribution in [2.45, 2.75) is 24.9 Å². The van der Waals surface area contributed by atoms with Crippen LogP contribution < -0.4 is 5.73 Å². The molecule has 0 aromatic carbocycles. The number of anilines is 1. The van der Waals surface area contributed by atoms with E-state index in [4.69, 9.17) is 17.3 Å². The molecule has 110 valence electrons. The molecule has 0 aliphatic heterocycles. The quantitative estimate of drug-likeness (QED) is 0.907. The molecule has 0 unspecified atom stereocenters. The number of aromatic nitrogens is 2. The van der Waals surface area contributed by atoms with Crippen molar-refractivity contribution in [3.63, 3.8) is 0 Å². The Morgan fingerprint density at radius 2 is 2.20 bits per heavy atom. The third-order valence-electron chi connectivity index (χ3n) is 2.77. The average molecular weight is 335 g/mol. The fourth-order valence-electron chi connectivity index (χ4n) is 1.69. The van der Waals surface area contributed by atoms with Gasteiger partial charge in [-0.25, -0.2) is 8.42 Å². The minimum atomic E-state index is -3.66. The second kappa shape index (κ2) is 5.72. The normalized spacial score (nSPS) is 12.2. The molecule has 0 saturated heterocycles. The van der Waals surface area contributed by atoms with Crippen molar-refractivity contribution in [3.8, 4) is 0 Å². The van der Waals surface area contributed by atoms with E-state index < -0.39 is 10.0 Å². The second-order valence-electron chi connectivity index (χ2n) is 4.20. The monoisotopic (exact) mass is 334 g/mol. The number of hydrogen-bond acceptors (Lipinski definition) is 5. The summed E-state index contributed by atoms with van der Waals surface area (Å²) in [6, 6.07) is 3.54. The van der Waals surface area contributed by atoms with Gasteiger partial charge in [0.1, 0.15) is 4.90 Å². The molecule has 2 rings (SSSR count). The Morgan fingerprint density at radius 3 is 2.70 bits per heavy atom. The number of thiophene rings is 1. The molecule has 2 aromatic heterocycles. The topological polar surface area (TPSA) is 81.2 Å². The number of nitrogen functional groups attached to an aromatic ring is 1. The number of hydrogen-bond donors (Lipinski definition) is 1. The Bertz CT molecular complexity index is 708. The first-order chi connectivity index (χ1) is 9.34. The molecular formula is C11H15ClN4O2S2. The summed E-state index contributed by atoms with van der Waals surface area (Å²) in [5, 5.41) is 3.96. The van der Waals surface area contributed by atoms with E-state index >= 15 is 0 Å². The van der Waals surface area contributed by atoms with E-state index in [0.717, 1.165) is 4.88 Å². The number of rotatable bonds is 5. The van der Waals surface area contributed by atoms with Crippen LogP contribution in [0.15, 0.2) is 23.2 Å². The summed E-state index contributed by atoms with van der Waals surface area (Å²) in [5.74, 6) is 0.0166. The fraction of sp³-hybridized carbons (Fsp3) is 0.364. The average Bonchev–Trinajstić information content (AvgIpc) is 2.95. The number of sulfonamides is 1. The van der Waals surface area contributed by atoms with Crippen LogP contribution in [0.25, 0.3) is 0 Å². The van der Waals surface area contributed by atoms with E-state index in [0.29, 0.717) is 10.9 Å². The Labute approximate surface area is 126 Å². The molecule has 0 saturated carbocycles. The van der Waals surface area contributed by atoms with Gasteiger partial charge in [-0.3, -0.25) is 4.68 Å². The van der Waals surface area contributed by atoms with Gasteiger partial charge in [-0.05, 0) is 19.1 Å². The Morgan fingerprint density at radius 1 is 1.50 bits per heavy atom. The molecule has 0 amide bonds. The summed E-state index contributed by atoms with van der Waals surface area (Å²) in [7, 11) is -2.15. The van der Waals surface area contributed by atoms with Crippen LogP contribution in [-0.4, -0.2) is 29.6 Å². The van der Waals surface area contributed by atoms with Gasteiger partial charge in [-0.15, -0.1) is 11.3 Å². The summed E-state index contributed by atoms with van der Waals surface area (Å²) in [6.45, 7) is 2.67. The zero-order valence-electron chi connectivity index (χ0n) is 11.1. The standard InChI is InChI=1S/C11H15ClN4O2S2/c1-3-16-7-9(11(13)14-16)20(17,18)15(2)6-8-4-5-10(12)19-8/h4-5,7H,3,6H2,1-2H3,(H2,13,14). The highest BCUT2D eigenvalue weighted by molar-refractivity contribution is 7.89. The minimum Gasteiger partial charge on any atom is -0.381 e. The molecule has 2 aromatic rings. The van der Waals surface area contributed by atoms with Crippen LogP contribution >= 0.6 is 22.9 Å². The first-order valence-corrected chi connectivity index (χ1v) is 8.51. The van der Waals surface area contributed by atoms with Gasteiger partial charge in [0.05, 0.1) is 4.34 Å². The van der Waals surface area contributed by atoms with E-state index in [2.05, 4.69) is 5.10 Å². The largest absolute Gasteiger partial charge is 0.381 e. The zero-order valence-corrected chi connectivity index (χ0v) is 13.5. The van der Waals surface area contributed by atoms with E-state index in [1.807, 2.05) is 6.92 Å². The van der Waals surface area contributed by atoms with Crippen LogP contribution in [0.5, 0.6) is 0 Å². The van der Waals surface area contributed by atoms with Crippen LogP contribution in [0.4, 0.5) is 5.82 Å². The van der Waals surface area contributed by atoms with Crippen molar-refractivity contribution in [2.24, 2.45) is 0 Å². The predicted octanol–water partition coefficient (Wildman–Crippen LogP) is 2.02. The van der Waals surface area contributed by atoms with Gasteiger partial charge >= 0.3 is 0 Å². The molecule has 2 heterocycles. The maximum atomic E-state index is 12.5. The molecule has 2 N–H and O–H groups in total. The van der Waals surface area contributed by atoms with E-state index in [1.165, 1.54) is 33.6 Å².